The molecule has 0 aromatic carbocycles. The van der Waals surface area contributed by atoms with Gasteiger partial charge in [0.25, 0.3) is 0 Å². The van der Waals surface area contributed by atoms with Crippen LogP contribution in [0.15, 0.2) is 60.8 Å². The minimum Gasteiger partial charge on any atom is -0.299 e. The highest BCUT2D eigenvalue weighted by atomic mass is 16.1. The van der Waals surface area contributed by atoms with Crippen LogP contribution in [0.1, 0.15) is 14.4 Å². The van der Waals surface area contributed by atoms with Crippen LogP contribution in [0.5, 0.6) is 0 Å². The van der Waals surface area contributed by atoms with Gasteiger partial charge in [-0.25, -0.2) is 0 Å². The summed E-state index contributed by atoms with van der Waals surface area (Å²) in [5.74, 6) is 0. The van der Waals surface area contributed by atoms with Gasteiger partial charge in [0.05, 0.1) is 0 Å². The second-order valence-electron chi connectivity index (χ2n) is 2.20. The van der Waals surface area contributed by atoms with Crippen molar-refractivity contribution in [2.24, 2.45) is 0 Å². The maximum Gasteiger partial charge on any atom is 0.142 e. The van der Waals surface area contributed by atoms with Crippen LogP contribution in [0.4, 0.5) is 0 Å². The number of hydrogen-bond acceptors (Lipinski definition) is 1. The first-order chi connectivity index (χ1) is 6.41. The van der Waals surface area contributed by atoms with Crippen LogP contribution in [0, 0.1) is 0 Å². The number of carbonyl (C=O) groups excluding carboxylic acids is 1. The predicted octanol–water partition coefficient (Wildman–Crippen LogP) is 3.62. The lowest BCUT2D eigenvalue weighted by Gasteiger charge is -1.72. The van der Waals surface area contributed by atoms with Gasteiger partial charge in [-0.2, -0.15) is 0 Å². The highest BCUT2D eigenvalue weighted by Crippen LogP contribution is 1.82. The molecule has 0 rings (SSSR count). The maximum absolute atomic E-state index is 9.85. The first-order valence-corrected chi connectivity index (χ1v) is 4.15. The molecule has 0 amide bonds. The Morgan fingerprint density at radius 1 is 0.643 bits per heavy atom. The first-order valence-electron chi connectivity index (χ1n) is 4.15. The Morgan fingerprint density at radius 2 is 1.00 bits per heavy atom. The Kier molecular flexibility index (Phi) is 14.8. The Labute approximate surface area is 86.8 Å². The average Bonchev–Trinajstić information content (AvgIpc) is 2.16. The van der Waals surface area contributed by atoms with Crippen molar-refractivity contribution in [3.05, 3.63) is 60.8 Å². The molecule has 0 N–H and O–H groups in total. The minimum absolute atomic E-state index is 0. The lowest BCUT2D eigenvalue weighted by atomic mass is 10.4. The third kappa shape index (κ3) is 13.0. The van der Waals surface area contributed by atoms with E-state index >= 15 is 0 Å². The van der Waals surface area contributed by atoms with Crippen LogP contribution in [-0.2, 0) is 4.79 Å². The van der Waals surface area contributed by atoms with Gasteiger partial charge in [0.15, 0.2) is 0 Å². The van der Waals surface area contributed by atoms with Gasteiger partial charge in [0.2, 0.25) is 0 Å². The molecular formula is C13H18O. The zero-order valence-corrected chi connectivity index (χ0v) is 7.76. The summed E-state index contributed by atoms with van der Waals surface area (Å²) >= 11 is 0. The molecule has 14 heavy (non-hydrogen) atoms. The third-order valence-corrected chi connectivity index (χ3v) is 1.16. The van der Waals surface area contributed by atoms with Crippen molar-refractivity contribution in [1.29, 1.82) is 0 Å². The maximum atomic E-state index is 9.85. The molecule has 0 aliphatic heterocycles. The van der Waals surface area contributed by atoms with Crippen molar-refractivity contribution in [1.82, 2.24) is 0 Å². The fraction of sp³-hybridized carbons (Fsp3) is 0.154. The standard InChI is InChI=1S/C12H14O.CH4/c1-2-3-4-5-6-7-8-9-10-11-12-13;/h2-12H,1H3;1H4. The number of rotatable bonds is 5. The van der Waals surface area contributed by atoms with Crippen molar-refractivity contribution in [3.8, 4) is 0 Å². The molecule has 0 spiro atoms. The molecule has 0 saturated heterocycles. The van der Waals surface area contributed by atoms with Gasteiger partial charge in [0, 0.05) is 0 Å². The van der Waals surface area contributed by atoms with E-state index in [1.807, 2.05) is 49.5 Å². The molecule has 0 saturated carbocycles. The van der Waals surface area contributed by atoms with Gasteiger partial charge in [-0.15, -0.1) is 0 Å². The Bertz CT molecular complexity index is 252. The third-order valence-electron chi connectivity index (χ3n) is 1.16. The van der Waals surface area contributed by atoms with Crippen molar-refractivity contribution < 1.29 is 4.79 Å². The molecule has 0 unspecified atom stereocenters. The van der Waals surface area contributed by atoms with E-state index in [1.165, 1.54) is 6.08 Å². The highest BCUT2D eigenvalue weighted by molar-refractivity contribution is 5.65. The Hall–Kier alpha value is -1.63. The zero-order valence-electron chi connectivity index (χ0n) is 7.76. The normalized spacial score (nSPS) is 12.4. The molecule has 0 atom stereocenters. The number of carbonyl (C=O) groups is 1. The van der Waals surface area contributed by atoms with Crippen molar-refractivity contribution in [3.63, 3.8) is 0 Å². The van der Waals surface area contributed by atoms with Crippen molar-refractivity contribution in [2.45, 2.75) is 14.4 Å². The minimum atomic E-state index is 0. The molecule has 1 nitrogen and oxygen atoms in total. The van der Waals surface area contributed by atoms with Crippen LogP contribution in [0.2, 0.25) is 0 Å². The number of aldehydes is 1. The largest absolute Gasteiger partial charge is 0.299 e. The molecule has 0 radical (unpaired) electrons. The summed E-state index contributed by atoms with van der Waals surface area (Å²) in [6, 6.07) is 0. The summed E-state index contributed by atoms with van der Waals surface area (Å²) in [5, 5.41) is 0. The molecule has 0 heterocycles. The fourth-order valence-corrected chi connectivity index (χ4v) is 0.606. The molecule has 0 aliphatic carbocycles. The second-order valence-corrected chi connectivity index (χ2v) is 2.20. The molecule has 0 aromatic heterocycles. The first kappa shape index (κ1) is 14.9. The zero-order chi connectivity index (χ0) is 9.78. The second kappa shape index (κ2) is 13.9. The Morgan fingerprint density at radius 3 is 1.36 bits per heavy atom. The van der Waals surface area contributed by atoms with E-state index in [2.05, 4.69) is 0 Å². The van der Waals surface area contributed by atoms with E-state index in [1.54, 1.807) is 12.2 Å². The Balaban J connectivity index is 0. The molecular weight excluding hydrogens is 172 g/mol. The monoisotopic (exact) mass is 190 g/mol. The molecule has 0 fully saturated rings. The van der Waals surface area contributed by atoms with E-state index in [9.17, 15) is 4.79 Å². The van der Waals surface area contributed by atoms with Crippen LogP contribution < -0.4 is 0 Å². The van der Waals surface area contributed by atoms with Crippen LogP contribution in [-0.4, -0.2) is 6.29 Å². The topological polar surface area (TPSA) is 17.1 Å². The summed E-state index contributed by atoms with van der Waals surface area (Å²) in [6.07, 6.45) is 19.2. The predicted molar refractivity (Wildman–Crippen MR) is 64.2 cm³/mol. The number of allylic oxidation sites excluding steroid dienone is 10. The summed E-state index contributed by atoms with van der Waals surface area (Å²) in [7, 11) is 0. The summed E-state index contributed by atoms with van der Waals surface area (Å²) < 4.78 is 0. The molecule has 0 bridgehead atoms. The fourth-order valence-electron chi connectivity index (χ4n) is 0.606. The quantitative estimate of drug-likeness (QED) is 0.367. The summed E-state index contributed by atoms with van der Waals surface area (Å²) in [5.41, 5.74) is 0. The molecule has 0 aliphatic rings. The van der Waals surface area contributed by atoms with Gasteiger partial charge in [-0.3, -0.25) is 4.79 Å². The summed E-state index contributed by atoms with van der Waals surface area (Å²) in [4.78, 5) is 9.85. The van der Waals surface area contributed by atoms with E-state index in [-0.39, 0.29) is 7.43 Å². The average molecular weight is 190 g/mol. The molecule has 1 heteroatoms. The van der Waals surface area contributed by atoms with Crippen LogP contribution >= 0.6 is 0 Å². The van der Waals surface area contributed by atoms with Crippen LogP contribution in [0.25, 0.3) is 0 Å². The van der Waals surface area contributed by atoms with Gasteiger partial charge >= 0.3 is 0 Å². The molecule has 0 aromatic rings. The van der Waals surface area contributed by atoms with Gasteiger partial charge < -0.3 is 0 Å². The lowest BCUT2D eigenvalue weighted by molar-refractivity contribution is -0.104. The van der Waals surface area contributed by atoms with E-state index in [0.717, 1.165) is 6.29 Å². The smallest absolute Gasteiger partial charge is 0.142 e. The van der Waals surface area contributed by atoms with Gasteiger partial charge in [0.1, 0.15) is 6.29 Å². The van der Waals surface area contributed by atoms with E-state index in [4.69, 9.17) is 0 Å². The number of hydrogen-bond donors (Lipinski definition) is 0. The van der Waals surface area contributed by atoms with E-state index < -0.39 is 0 Å². The SMILES string of the molecule is C.CC=CC=CC=CC=CC=CC=O. The van der Waals surface area contributed by atoms with Crippen molar-refractivity contribution in [2.75, 3.05) is 0 Å². The lowest BCUT2D eigenvalue weighted by Crippen LogP contribution is -1.55. The van der Waals surface area contributed by atoms with Crippen LogP contribution in [0.3, 0.4) is 0 Å². The molecule has 76 valence electrons. The van der Waals surface area contributed by atoms with E-state index in [0.29, 0.717) is 0 Å². The summed E-state index contributed by atoms with van der Waals surface area (Å²) in [6.45, 7) is 1.97. The highest BCUT2D eigenvalue weighted by Gasteiger charge is 1.62. The van der Waals surface area contributed by atoms with Gasteiger partial charge in [-0.1, -0.05) is 62.1 Å². The van der Waals surface area contributed by atoms with Crippen molar-refractivity contribution >= 4 is 6.29 Å². The van der Waals surface area contributed by atoms with Gasteiger partial charge in [-0.05, 0) is 13.0 Å².